The highest BCUT2D eigenvalue weighted by Crippen LogP contribution is 2.18. The summed E-state index contributed by atoms with van der Waals surface area (Å²) in [5.41, 5.74) is 0. The fourth-order valence-corrected chi connectivity index (χ4v) is 10.6. The molecule has 2 unspecified atom stereocenters. The molecule has 0 aliphatic rings. The molecule has 0 spiro atoms. The zero-order valence-corrected chi connectivity index (χ0v) is 51.3. The van der Waals surface area contributed by atoms with Crippen molar-refractivity contribution in [3.63, 3.8) is 0 Å². The number of carbonyl (C=O) groups excluding carboxylic acids is 2. The largest absolute Gasteiger partial charge is 0.466 e. The maximum absolute atomic E-state index is 12.5. The molecule has 76 heavy (non-hydrogen) atoms. The van der Waals surface area contributed by atoms with Gasteiger partial charge in [-0.2, -0.15) is 0 Å². The van der Waals surface area contributed by atoms with Crippen LogP contribution in [0.4, 0.5) is 0 Å². The Bertz CT molecular complexity index is 1230. The highest BCUT2D eigenvalue weighted by atomic mass is 16.5. The Balaban J connectivity index is 3.38. The van der Waals surface area contributed by atoms with Gasteiger partial charge in [0.05, 0.1) is 25.4 Å². The Morgan fingerprint density at radius 2 is 0.618 bits per heavy atom. The van der Waals surface area contributed by atoms with Gasteiger partial charge in [0.1, 0.15) is 0 Å². The first-order valence-corrected chi connectivity index (χ1v) is 34.3. The first kappa shape index (κ1) is 74.1. The number of ether oxygens (including phenoxy) is 1. The second-order valence-corrected chi connectivity index (χ2v) is 23.5. The number of rotatable bonds is 64. The number of amides is 1. The normalized spacial score (nSPS) is 12.7. The summed E-state index contributed by atoms with van der Waals surface area (Å²) < 4.78 is 5.47. The molecule has 0 aromatic carbocycles. The summed E-state index contributed by atoms with van der Waals surface area (Å²) in [6, 6.07) is -0.626. The molecule has 1 amide bonds. The van der Waals surface area contributed by atoms with Crippen LogP contribution in [0.1, 0.15) is 373 Å². The Kier molecular flexibility index (Phi) is 63.9. The van der Waals surface area contributed by atoms with Gasteiger partial charge in [0.15, 0.2) is 0 Å². The predicted molar refractivity (Wildman–Crippen MR) is 333 cm³/mol. The second kappa shape index (κ2) is 65.6. The number of aliphatic hydroxyl groups excluding tert-OH is 2. The highest BCUT2D eigenvalue weighted by molar-refractivity contribution is 5.76. The van der Waals surface area contributed by atoms with E-state index in [1.165, 1.54) is 302 Å². The average molecular weight is 1070 g/mol. The lowest BCUT2D eigenvalue weighted by Gasteiger charge is -2.20. The van der Waals surface area contributed by atoms with E-state index in [0.717, 1.165) is 44.9 Å². The minimum Gasteiger partial charge on any atom is -0.466 e. The van der Waals surface area contributed by atoms with Gasteiger partial charge in [0.25, 0.3) is 0 Å². The molecule has 0 heterocycles. The van der Waals surface area contributed by atoms with E-state index in [4.69, 9.17) is 4.74 Å². The van der Waals surface area contributed by atoms with Gasteiger partial charge < -0.3 is 20.3 Å². The Labute approximate surface area is 474 Å². The van der Waals surface area contributed by atoms with Crippen LogP contribution in [0.25, 0.3) is 0 Å². The molecule has 6 nitrogen and oxygen atoms in total. The molecule has 0 rings (SSSR count). The maximum atomic E-state index is 12.5. The van der Waals surface area contributed by atoms with Crippen molar-refractivity contribution in [2.75, 3.05) is 13.2 Å². The lowest BCUT2D eigenvalue weighted by atomic mass is 10.0. The summed E-state index contributed by atoms with van der Waals surface area (Å²) in [6.45, 7) is 4.90. The van der Waals surface area contributed by atoms with Gasteiger partial charge in [-0.15, -0.1) is 0 Å². The zero-order valence-electron chi connectivity index (χ0n) is 51.3. The van der Waals surface area contributed by atoms with Crippen LogP contribution < -0.4 is 5.32 Å². The first-order valence-electron chi connectivity index (χ1n) is 34.3. The summed E-state index contributed by atoms with van der Waals surface area (Å²) in [4.78, 5) is 24.5. The third-order valence-electron chi connectivity index (χ3n) is 15.9. The van der Waals surface area contributed by atoms with Crippen molar-refractivity contribution >= 4 is 11.9 Å². The van der Waals surface area contributed by atoms with E-state index in [2.05, 4.69) is 43.5 Å². The number of aliphatic hydroxyl groups is 2. The molecule has 6 heteroatoms. The molecule has 3 N–H and O–H groups in total. The Morgan fingerprint density at radius 3 is 0.961 bits per heavy atom. The predicted octanol–water partition coefficient (Wildman–Crippen LogP) is 21.9. The van der Waals surface area contributed by atoms with Crippen molar-refractivity contribution in [3.8, 4) is 0 Å². The van der Waals surface area contributed by atoms with Crippen molar-refractivity contribution in [1.82, 2.24) is 5.32 Å². The number of esters is 1. The fourth-order valence-electron chi connectivity index (χ4n) is 10.6. The molecule has 0 aliphatic carbocycles. The molecule has 0 aromatic rings. The van der Waals surface area contributed by atoms with Crippen LogP contribution in [0.2, 0.25) is 0 Å². The van der Waals surface area contributed by atoms with Crippen molar-refractivity contribution in [2.45, 2.75) is 386 Å². The maximum Gasteiger partial charge on any atom is 0.305 e. The van der Waals surface area contributed by atoms with E-state index in [9.17, 15) is 19.8 Å². The number of allylic oxidation sites excluding steroid dienone is 5. The van der Waals surface area contributed by atoms with Gasteiger partial charge >= 0.3 is 5.97 Å². The van der Waals surface area contributed by atoms with Crippen LogP contribution in [0.5, 0.6) is 0 Å². The molecule has 0 saturated heterocycles. The van der Waals surface area contributed by atoms with E-state index in [-0.39, 0.29) is 18.5 Å². The monoisotopic (exact) mass is 1070 g/mol. The molecule has 2 atom stereocenters. The minimum atomic E-state index is -0.843. The zero-order chi connectivity index (χ0) is 55.0. The summed E-state index contributed by atoms with van der Waals surface area (Å²) in [5, 5.41) is 23.2. The van der Waals surface area contributed by atoms with Gasteiger partial charge in [0.2, 0.25) is 5.91 Å². The van der Waals surface area contributed by atoms with E-state index >= 15 is 0 Å². The quantitative estimate of drug-likeness (QED) is 0.0320. The Hall–Kier alpha value is -1.92. The second-order valence-electron chi connectivity index (χ2n) is 23.5. The van der Waals surface area contributed by atoms with Gasteiger partial charge in [-0.3, -0.25) is 9.59 Å². The van der Waals surface area contributed by atoms with Gasteiger partial charge in [-0.1, -0.05) is 314 Å². The molecule has 0 radical (unpaired) electrons. The first-order chi connectivity index (χ1) is 37.5. The third kappa shape index (κ3) is 61.3. The summed E-state index contributed by atoms with van der Waals surface area (Å²) in [6.07, 6.45) is 83.6. The van der Waals surface area contributed by atoms with Crippen LogP contribution in [0.15, 0.2) is 36.5 Å². The Morgan fingerprint density at radius 1 is 0.355 bits per heavy atom. The molecule has 0 saturated carbocycles. The number of unbranched alkanes of at least 4 members (excludes halogenated alkanes) is 49. The van der Waals surface area contributed by atoms with Gasteiger partial charge in [-0.25, -0.2) is 0 Å². The molecule has 0 aliphatic heterocycles. The van der Waals surface area contributed by atoms with E-state index in [0.29, 0.717) is 19.4 Å². The van der Waals surface area contributed by atoms with Crippen LogP contribution in [-0.2, 0) is 14.3 Å². The van der Waals surface area contributed by atoms with Crippen molar-refractivity contribution < 1.29 is 24.5 Å². The summed E-state index contributed by atoms with van der Waals surface area (Å²) in [5.74, 6) is -0.0562. The fraction of sp³-hybridized carbons (Fsp3) is 0.886. The van der Waals surface area contributed by atoms with E-state index in [1.807, 2.05) is 6.08 Å². The van der Waals surface area contributed by atoms with Crippen LogP contribution in [-0.4, -0.2) is 47.4 Å². The van der Waals surface area contributed by atoms with Crippen molar-refractivity contribution in [1.29, 1.82) is 0 Å². The molecule has 0 fully saturated rings. The number of hydrogen-bond donors (Lipinski definition) is 3. The number of nitrogens with one attached hydrogen (secondary N) is 1. The minimum absolute atomic E-state index is 0.00739. The van der Waals surface area contributed by atoms with Crippen LogP contribution in [0.3, 0.4) is 0 Å². The van der Waals surface area contributed by atoms with Gasteiger partial charge in [-0.05, 0) is 83.5 Å². The van der Waals surface area contributed by atoms with E-state index < -0.39 is 12.1 Å². The lowest BCUT2D eigenvalue weighted by Crippen LogP contribution is -2.45. The van der Waals surface area contributed by atoms with Crippen molar-refractivity contribution in [2.24, 2.45) is 0 Å². The average Bonchev–Trinajstić information content (AvgIpc) is 3.42. The summed E-state index contributed by atoms with van der Waals surface area (Å²) in [7, 11) is 0. The van der Waals surface area contributed by atoms with E-state index in [1.54, 1.807) is 6.08 Å². The molecule has 0 aromatic heterocycles. The molecular formula is C70H133NO5. The SMILES string of the molecule is CCCCC/C=C\CCCCCCCC(=O)OCCCCCCCCCCCCCC/C=C\CCCCCCCCCCCCCCCCCC(=O)NC(CO)C(O)/C=C/CCCCCCCCCCCCCCCC. The highest BCUT2D eigenvalue weighted by Gasteiger charge is 2.18. The molecule has 448 valence electrons. The van der Waals surface area contributed by atoms with Gasteiger partial charge in [0, 0.05) is 12.8 Å². The third-order valence-corrected chi connectivity index (χ3v) is 15.9. The smallest absolute Gasteiger partial charge is 0.305 e. The van der Waals surface area contributed by atoms with Crippen LogP contribution in [0, 0.1) is 0 Å². The standard InChI is InChI=1S/C70H133NO5/c1-3-5-7-9-11-13-15-17-18-36-39-42-46-50-54-58-62-68(73)67(66-72)71-69(74)63-59-55-51-47-43-40-37-34-32-30-28-26-24-22-20-19-21-23-25-27-29-31-33-35-38-41-45-49-53-57-61-65-76-70(75)64-60-56-52-48-44-16-14-12-10-8-6-4-2/h12,14,21,23,58,62,67-68,72-73H,3-11,13,15-20,22,24-57,59-61,63-66H2,1-2H3,(H,71,74)/b14-12-,23-21-,62-58+. The summed E-state index contributed by atoms with van der Waals surface area (Å²) >= 11 is 0. The van der Waals surface area contributed by atoms with Crippen LogP contribution >= 0.6 is 0 Å². The topological polar surface area (TPSA) is 95.9 Å². The number of carbonyl (C=O) groups is 2. The van der Waals surface area contributed by atoms with Crippen molar-refractivity contribution in [3.05, 3.63) is 36.5 Å². The molecule has 0 bridgehead atoms. The number of hydrogen-bond acceptors (Lipinski definition) is 5. The lowest BCUT2D eigenvalue weighted by molar-refractivity contribution is -0.143. The molecular weight excluding hydrogens is 935 g/mol.